The van der Waals surface area contributed by atoms with Gasteiger partial charge in [0.1, 0.15) is 28.8 Å². The Balaban J connectivity index is 1.99. The van der Waals surface area contributed by atoms with Crippen LogP contribution >= 0.6 is 11.6 Å². The molecule has 0 saturated heterocycles. The largest absolute Gasteiger partial charge is 0.478 e. The summed E-state index contributed by atoms with van der Waals surface area (Å²) in [5.74, 6) is -0.479. The van der Waals surface area contributed by atoms with Crippen LogP contribution in [0.15, 0.2) is 39.5 Å². The number of hydrogen-bond acceptors (Lipinski definition) is 7. The number of ether oxygens (including phenoxy) is 1. The Kier molecular flexibility index (Phi) is 6.53. The standard InChI is InChI=1S/C21H14ClN3O7/c1-31-10-15-14(9-23)20(26)24-17(19(15)25(29)30)6-3-12-4-7-18(32-12)11-2-5-13(21(27)28)16(22)8-11/h2-8H,10H2,1H3,(H,24,26)(H,27,28). The third-order valence-corrected chi connectivity index (χ3v) is 4.74. The normalized spacial score (nSPS) is 10.9. The molecule has 0 fully saturated rings. The lowest BCUT2D eigenvalue weighted by molar-refractivity contribution is -0.386. The Labute approximate surface area is 185 Å². The fourth-order valence-corrected chi connectivity index (χ4v) is 3.26. The van der Waals surface area contributed by atoms with Crippen LogP contribution in [0.4, 0.5) is 5.69 Å². The number of aromatic carboxylic acids is 1. The maximum atomic E-state index is 12.2. The van der Waals surface area contributed by atoms with E-state index < -0.39 is 27.7 Å². The minimum Gasteiger partial charge on any atom is -0.478 e. The van der Waals surface area contributed by atoms with E-state index in [2.05, 4.69) is 4.98 Å². The Hall–Kier alpha value is -4.20. The number of aromatic nitrogens is 1. The molecule has 0 saturated carbocycles. The van der Waals surface area contributed by atoms with Crippen LogP contribution < -0.4 is 5.56 Å². The summed E-state index contributed by atoms with van der Waals surface area (Å²) in [6.45, 7) is -0.290. The van der Waals surface area contributed by atoms with Gasteiger partial charge in [-0.3, -0.25) is 14.9 Å². The summed E-state index contributed by atoms with van der Waals surface area (Å²) in [6, 6.07) is 9.17. The van der Waals surface area contributed by atoms with Crippen LogP contribution in [-0.2, 0) is 11.3 Å². The van der Waals surface area contributed by atoms with Crippen molar-refractivity contribution in [2.75, 3.05) is 7.11 Å². The van der Waals surface area contributed by atoms with E-state index in [1.165, 1.54) is 37.5 Å². The number of aromatic amines is 1. The van der Waals surface area contributed by atoms with Gasteiger partial charge >= 0.3 is 5.97 Å². The Morgan fingerprint density at radius 3 is 2.72 bits per heavy atom. The molecule has 162 valence electrons. The van der Waals surface area contributed by atoms with E-state index in [1.54, 1.807) is 18.2 Å². The minimum absolute atomic E-state index is 0.0416. The molecule has 0 bridgehead atoms. The average Bonchev–Trinajstić information content (AvgIpc) is 3.21. The molecule has 32 heavy (non-hydrogen) atoms. The number of carboxylic acids is 1. The molecule has 0 radical (unpaired) electrons. The van der Waals surface area contributed by atoms with Crippen LogP contribution in [-0.4, -0.2) is 28.1 Å². The van der Waals surface area contributed by atoms with E-state index in [9.17, 15) is 25.0 Å². The first-order chi connectivity index (χ1) is 15.3. The predicted octanol–water partition coefficient (Wildman–Crippen LogP) is 4.08. The van der Waals surface area contributed by atoms with Gasteiger partial charge in [0.05, 0.1) is 27.7 Å². The van der Waals surface area contributed by atoms with Crippen molar-refractivity contribution in [2.45, 2.75) is 6.61 Å². The number of hydrogen-bond donors (Lipinski definition) is 2. The van der Waals surface area contributed by atoms with Crippen LogP contribution in [0.2, 0.25) is 5.02 Å². The topological polar surface area (TPSA) is 159 Å². The molecule has 0 unspecified atom stereocenters. The molecule has 3 rings (SSSR count). The zero-order chi connectivity index (χ0) is 23.4. The van der Waals surface area contributed by atoms with Crippen molar-refractivity contribution in [1.29, 1.82) is 5.26 Å². The van der Waals surface area contributed by atoms with Gasteiger partial charge in [0.25, 0.3) is 11.2 Å². The third kappa shape index (κ3) is 4.44. The Bertz CT molecular complexity index is 1350. The van der Waals surface area contributed by atoms with Crippen LogP contribution in [0.25, 0.3) is 23.5 Å². The van der Waals surface area contributed by atoms with Gasteiger partial charge in [-0.1, -0.05) is 17.7 Å². The van der Waals surface area contributed by atoms with Crippen LogP contribution in [0, 0.1) is 21.4 Å². The maximum absolute atomic E-state index is 12.2. The maximum Gasteiger partial charge on any atom is 0.337 e. The van der Waals surface area contributed by atoms with Crippen molar-refractivity contribution in [3.8, 4) is 17.4 Å². The lowest BCUT2D eigenvalue weighted by Gasteiger charge is -2.06. The fraction of sp³-hybridized carbons (Fsp3) is 0.0952. The van der Waals surface area contributed by atoms with E-state index in [0.717, 1.165) is 0 Å². The molecule has 0 aliphatic carbocycles. The molecule has 2 aromatic heterocycles. The van der Waals surface area contributed by atoms with E-state index >= 15 is 0 Å². The summed E-state index contributed by atoms with van der Waals surface area (Å²) in [5.41, 5.74) is -1.40. The van der Waals surface area contributed by atoms with Crippen molar-refractivity contribution in [3.63, 3.8) is 0 Å². The third-order valence-electron chi connectivity index (χ3n) is 4.43. The zero-order valence-corrected chi connectivity index (χ0v) is 17.2. The van der Waals surface area contributed by atoms with Crippen LogP contribution in [0.3, 0.4) is 0 Å². The Morgan fingerprint density at radius 2 is 2.12 bits per heavy atom. The second-order valence-electron chi connectivity index (χ2n) is 6.41. The summed E-state index contributed by atoms with van der Waals surface area (Å²) in [7, 11) is 1.29. The molecule has 0 aliphatic rings. The molecular weight excluding hydrogens is 442 g/mol. The van der Waals surface area contributed by atoms with Gasteiger partial charge in [-0.2, -0.15) is 5.26 Å². The highest BCUT2D eigenvalue weighted by atomic mass is 35.5. The number of halogens is 1. The minimum atomic E-state index is -1.16. The second kappa shape index (κ2) is 9.30. The summed E-state index contributed by atoms with van der Waals surface area (Å²) in [6.07, 6.45) is 2.68. The van der Waals surface area contributed by atoms with E-state index in [0.29, 0.717) is 17.1 Å². The van der Waals surface area contributed by atoms with Gasteiger partial charge in [-0.25, -0.2) is 4.79 Å². The van der Waals surface area contributed by atoms with Gasteiger partial charge in [0, 0.05) is 12.7 Å². The highest BCUT2D eigenvalue weighted by Crippen LogP contribution is 2.29. The molecule has 0 atom stereocenters. The number of nitrogens with zero attached hydrogens (tertiary/aromatic N) is 2. The van der Waals surface area contributed by atoms with E-state index in [1.807, 2.05) is 0 Å². The van der Waals surface area contributed by atoms with Crippen molar-refractivity contribution < 1.29 is 24.0 Å². The lowest BCUT2D eigenvalue weighted by Crippen LogP contribution is -2.18. The molecule has 2 heterocycles. The first-order valence-corrected chi connectivity index (χ1v) is 9.28. The number of nitro groups is 1. The van der Waals surface area contributed by atoms with Crippen molar-refractivity contribution >= 4 is 35.4 Å². The predicted molar refractivity (Wildman–Crippen MR) is 114 cm³/mol. The number of benzene rings is 1. The van der Waals surface area contributed by atoms with Gasteiger partial charge < -0.3 is 19.2 Å². The number of carbonyl (C=O) groups is 1. The smallest absolute Gasteiger partial charge is 0.337 e. The molecule has 11 heteroatoms. The number of furan rings is 1. The number of carboxylic acid groups (broad SMARTS) is 1. The highest BCUT2D eigenvalue weighted by molar-refractivity contribution is 6.33. The lowest BCUT2D eigenvalue weighted by atomic mass is 10.1. The quantitative estimate of drug-likeness (QED) is 0.398. The fourth-order valence-electron chi connectivity index (χ4n) is 3.00. The van der Waals surface area contributed by atoms with Gasteiger partial charge in [-0.05, 0) is 36.4 Å². The van der Waals surface area contributed by atoms with E-state index in [4.69, 9.17) is 25.9 Å². The molecule has 0 amide bonds. The first-order valence-electron chi connectivity index (χ1n) is 8.90. The number of nitriles is 1. The van der Waals surface area contributed by atoms with Gasteiger partial charge in [-0.15, -0.1) is 0 Å². The second-order valence-corrected chi connectivity index (χ2v) is 6.81. The van der Waals surface area contributed by atoms with Crippen molar-refractivity contribution in [3.05, 3.63) is 84.0 Å². The molecule has 0 spiro atoms. The molecule has 10 nitrogen and oxygen atoms in total. The Morgan fingerprint density at radius 1 is 1.38 bits per heavy atom. The number of methoxy groups -OCH3 is 1. The molecule has 0 aliphatic heterocycles. The van der Waals surface area contributed by atoms with Crippen LogP contribution in [0.1, 0.15) is 32.9 Å². The van der Waals surface area contributed by atoms with Gasteiger partial charge in [0.2, 0.25) is 0 Å². The van der Waals surface area contributed by atoms with Crippen molar-refractivity contribution in [1.82, 2.24) is 4.98 Å². The highest BCUT2D eigenvalue weighted by Gasteiger charge is 2.25. The molecular formula is C21H14ClN3O7. The first kappa shape index (κ1) is 22.5. The molecule has 2 N–H and O–H groups in total. The average molecular weight is 456 g/mol. The molecule has 1 aromatic carbocycles. The number of nitrogens with one attached hydrogen (secondary N) is 1. The summed E-state index contributed by atoms with van der Waals surface area (Å²) < 4.78 is 10.6. The summed E-state index contributed by atoms with van der Waals surface area (Å²) >= 11 is 5.98. The monoisotopic (exact) mass is 455 g/mol. The SMILES string of the molecule is COCc1c([N+](=O)[O-])c(C=Cc2ccc(-c3ccc(C(=O)O)c(Cl)c3)o2)[nH]c(=O)c1C#N. The number of pyridine rings is 1. The van der Waals surface area contributed by atoms with Crippen LogP contribution in [0.5, 0.6) is 0 Å². The number of H-pyrrole nitrogens is 1. The zero-order valence-electron chi connectivity index (χ0n) is 16.4. The summed E-state index contributed by atoms with van der Waals surface area (Å²) in [5, 5.41) is 29.9. The van der Waals surface area contributed by atoms with E-state index in [-0.39, 0.29) is 28.5 Å². The summed E-state index contributed by atoms with van der Waals surface area (Å²) in [4.78, 5) is 36.5. The number of rotatable bonds is 7. The van der Waals surface area contributed by atoms with Crippen molar-refractivity contribution in [2.24, 2.45) is 0 Å². The van der Waals surface area contributed by atoms with Gasteiger partial charge in [0.15, 0.2) is 0 Å². The molecule has 3 aromatic rings.